The van der Waals surface area contributed by atoms with E-state index in [0.717, 1.165) is 6.08 Å². The van der Waals surface area contributed by atoms with Gasteiger partial charge in [-0.2, -0.15) is 18.4 Å². The first kappa shape index (κ1) is 24.0. The van der Waals surface area contributed by atoms with Gasteiger partial charge in [0.25, 0.3) is 0 Å². The van der Waals surface area contributed by atoms with Crippen molar-refractivity contribution >= 4 is 29.2 Å². The van der Waals surface area contributed by atoms with Gasteiger partial charge in [0.15, 0.2) is 0 Å². The largest absolute Gasteiger partial charge is 0.457 e. The second kappa shape index (κ2) is 9.05. The van der Waals surface area contributed by atoms with E-state index in [4.69, 9.17) is 32.7 Å². The lowest BCUT2D eigenvalue weighted by molar-refractivity contribution is -0.149. The van der Waals surface area contributed by atoms with Crippen LogP contribution < -0.4 is 4.74 Å². The molecule has 0 heterocycles. The molecule has 9 heteroatoms. The minimum Gasteiger partial charge on any atom is -0.457 e. The van der Waals surface area contributed by atoms with E-state index >= 15 is 0 Å². The second-order valence-electron chi connectivity index (χ2n) is 7.91. The summed E-state index contributed by atoms with van der Waals surface area (Å²) in [4.78, 5) is 12.6. The Morgan fingerprint density at radius 2 is 1.84 bits per heavy atom. The van der Waals surface area contributed by atoms with E-state index < -0.39 is 40.5 Å². The topological polar surface area (TPSA) is 59.3 Å². The third-order valence-electron chi connectivity index (χ3n) is 5.32. The first-order valence-corrected chi connectivity index (χ1v) is 10.3. The summed E-state index contributed by atoms with van der Waals surface area (Å²) >= 11 is 11.2. The van der Waals surface area contributed by atoms with Crippen LogP contribution in [0.1, 0.15) is 25.5 Å². The Morgan fingerprint density at radius 1 is 1.19 bits per heavy atom. The Hall–Kier alpha value is -2.69. The zero-order chi connectivity index (χ0) is 23.7. The van der Waals surface area contributed by atoms with Crippen LogP contribution in [0.25, 0.3) is 0 Å². The summed E-state index contributed by atoms with van der Waals surface area (Å²) in [5.41, 5.74) is -0.409. The van der Waals surface area contributed by atoms with Crippen LogP contribution in [0.15, 0.2) is 59.6 Å². The van der Waals surface area contributed by atoms with Gasteiger partial charge in [-0.1, -0.05) is 55.3 Å². The first-order valence-electron chi connectivity index (χ1n) is 9.51. The lowest BCUT2D eigenvalue weighted by Crippen LogP contribution is -2.14. The van der Waals surface area contributed by atoms with Gasteiger partial charge in [-0.15, -0.1) is 0 Å². The number of hydrogen-bond donors (Lipinski definition) is 0. The molecule has 0 bridgehead atoms. The summed E-state index contributed by atoms with van der Waals surface area (Å²) < 4.78 is 49.3. The average molecular weight is 484 g/mol. The van der Waals surface area contributed by atoms with E-state index in [9.17, 15) is 23.2 Å². The molecule has 1 fully saturated rings. The number of carbonyl (C=O) groups is 1. The van der Waals surface area contributed by atoms with Crippen molar-refractivity contribution in [3.8, 4) is 17.6 Å². The van der Waals surface area contributed by atoms with Crippen LogP contribution in [0, 0.1) is 28.6 Å². The number of carbonyl (C=O) groups excluding carboxylic acids is 1. The minimum absolute atomic E-state index is 0.367. The molecule has 0 N–H and O–H groups in total. The van der Waals surface area contributed by atoms with Gasteiger partial charge >= 0.3 is 12.1 Å². The van der Waals surface area contributed by atoms with E-state index in [1.165, 1.54) is 0 Å². The highest BCUT2D eigenvalue weighted by atomic mass is 35.5. The average Bonchev–Trinajstić information content (AvgIpc) is 3.27. The molecule has 0 aromatic heterocycles. The summed E-state index contributed by atoms with van der Waals surface area (Å²) in [6.07, 6.45) is -5.11. The number of nitrogens with zero attached hydrogens (tertiary/aromatic N) is 1. The molecule has 0 spiro atoms. The number of allylic oxidation sites excluding steroid dienone is 2. The number of benzene rings is 2. The molecule has 1 aliphatic carbocycles. The van der Waals surface area contributed by atoms with E-state index in [0.29, 0.717) is 22.1 Å². The number of rotatable bonds is 6. The molecule has 0 amide bonds. The Balaban J connectivity index is 1.72. The highest BCUT2D eigenvalue weighted by molar-refractivity contribution is 6.30. The molecule has 2 aromatic rings. The number of halogens is 5. The molecular weight excluding hydrogens is 466 g/mol. The first-order chi connectivity index (χ1) is 14.9. The monoisotopic (exact) mass is 483 g/mol. The smallest absolute Gasteiger partial charge is 0.426 e. The van der Waals surface area contributed by atoms with Gasteiger partial charge in [-0.05, 0) is 47.7 Å². The van der Waals surface area contributed by atoms with Crippen LogP contribution in [0.2, 0.25) is 5.02 Å². The minimum atomic E-state index is -4.69. The number of hydrogen-bond acceptors (Lipinski definition) is 4. The fourth-order valence-electron chi connectivity index (χ4n) is 3.43. The lowest BCUT2D eigenvalue weighted by atomic mass is 10.1. The Bertz CT molecular complexity index is 1080. The molecule has 0 unspecified atom stereocenters. The highest BCUT2D eigenvalue weighted by Crippen LogP contribution is 2.60. The number of esters is 1. The molecule has 3 rings (SSSR count). The molecule has 0 saturated heterocycles. The van der Waals surface area contributed by atoms with Crippen LogP contribution in [0.5, 0.6) is 11.5 Å². The fraction of sp³-hybridized carbons (Fsp3) is 0.304. The SMILES string of the molecule is CC1(C)[C@H](C(=O)O[C@@H](C#N)c2cccc(Oc3ccc(Cl)cc3)c2)[C@@H]1/C=C(\Cl)C(F)(F)F. The van der Waals surface area contributed by atoms with Gasteiger partial charge in [0.1, 0.15) is 22.6 Å². The van der Waals surface area contributed by atoms with Crippen LogP contribution >= 0.6 is 23.2 Å². The van der Waals surface area contributed by atoms with Crippen molar-refractivity contribution < 1.29 is 27.4 Å². The van der Waals surface area contributed by atoms with Crippen molar-refractivity contribution in [3.05, 3.63) is 70.2 Å². The quantitative estimate of drug-likeness (QED) is 0.407. The van der Waals surface area contributed by atoms with Crippen LogP contribution in [0.3, 0.4) is 0 Å². The summed E-state index contributed by atoms with van der Waals surface area (Å²) in [7, 11) is 0. The molecule has 0 radical (unpaired) electrons. The maximum Gasteiger partial charge on any atom is 0.426 e. The maximum atomic E-state index is 12.7. The maximum absolute atomic E-state index is 12.7. The summed E-state index contributed by atoms with van der Waals surface area (Å²) in [6.45, 7) is 3.28. The molecule has 4 nitrogen and oxygen atoms in total. The number of ether oxygens (including phenoxy) is 2. The van der Waals surface area contributed by atoms with E-state index in [2.05, 4.69) is 0 Å². The Morgan fingerprint density at radius 3 is 2.44 bits per heavy atom. The van der Waals surface area contributed by atoms with Crippen LogP contribution in [0.4, 0.5) is 13.2 Å². The third-order valence-corrected chi connectivity index (χ3v) is 5.92. The summed E-state index contributed by atoms with van der Waals surface area (Å²) in [6, 6.07) is 15.0. The van der Waals surface area contributed by atoms with Gasteiger partial charge in [0.05, 0.1) is 5.92 Å². The highest BCUT2D eigenvalue weighted by Gasteiger charge is 2.62. The number of nitriles is 1. The molecule has 1 saturated carbocycles. The predicted molar refractivity (Wildman–Crippen MR) is 113 cm³/mol. The standard InChI is InChI=1S/C23H18Cl2F3NO3/c1-22(2)17(11-19(25)23(26,27)28)20(22)21(30)32-18(12-29)13-4-3-5-16(10-13)31-15-8-6-14(24)7-9-15/h3-11,17-18,20H,1-2H3/b19-11-/t17-,18-,20-/m0/s1. The molecule has 1 aliphatic rings. The Labute approximate surface area is 193 Å². The van der Waals surface area contributed by atoms with Gasteiger partial charge in [-0.3, -0.25) is 4.79 Å². The van der Waals surface area contributed by atoms with E-state index in [-0.39, 0.29) is 0 Å². The fourth-order valence-corrected chi connectivity index (χ4v) is 3.69. The van der Waals surface area contributed by atoms with Crippen molar-refractivity contribution in [2.45, 2.75) is 26.1 Å². The van der Waals surface area contributed by atoms with Crippen molar-refractivity contribution in [2.24, 2.45) is 17.3 Å². The summed E-state index contributed by atoms with van der Waals surface area (Å²) in [5, 5.41) is 8.79. The predicted octanol–water partition coefficient (Wildman–Crippen LogP) is 7.20. The van der Waals surface area contributed by atoms with Crippen LogP contribution in [-0.2, 0) is 9.53 Å². The number of alkyl halides is 3. The molecule has 2 aromatic carbocycles. The molecule has 0 aliphatic heterocycles. The molecule has 32 heavy (non-hydrogen) atoms. The lowest BCUT2D eigenvalue weighted by Gasteiger charge is -2.13. The van der Waals surface area contributed by atoms with Gasteiger partial charge in [-0.25, -0.2) is 0 Å². The molecule has 3 atom stereocenters. The molecular formula is C23H18Cl2F3NO3. The van der Waals surface area contributed by atoms with Crippen molar-refractivity contribution in [1.82, 2.24) is 0 Å². The van der Waals surface area contributed by atoms with Crippen molar-refractivity contribution in [3.63, 3.8) is 0 Å². The zero-order valence-electron chi connectivity index (χ0n) is 17.0. The van der Waals surface area contributed by atoms with E-state index in [1.54, 1.807) is 62.4 Å². The van der Waals surface area contributed by atoms with Gasteiger partial charge in [0, 0.05) is 10.6 Å². The second-order valence-corrected chi connectivity index (χ2v) is 8.76. The van der Waals surface area contributed by atoms with Gasteiger partial charge in [0.2, 0.25) is 6.10 Å². The van der Waals surface area contributed by atoms with Gasteiger partial charge < -0.3 is 9.47 Å². The summed E-state index contributed by atoms with van der Waals surface area (Å²) in [5.74, 6) is -1.43. The van der Waals surface area contributed by atoms with E-state index in [1.807, 2.05) is 6.07 Å². The molecule has 168 valence electrons. The van der Waals surface area contributed by atoms with Crippen LogP contribution in [-0.4, -0.2) is 12.1 Å². The normalized spacial score (nSPS) is 20.8. The van der Waals surface area contributed by atoms with Crippen molar-refractivity contribution in [2.75, 3.05) is 0 Å². The zero-order valence-corrected chi connectivity index (χ0v) is 18.5. The third kappa shape index (κ3) is 5.37. The Kier molecular flexibility index (Phi) is 6.77. The van der Waals surface area contributed by atoms with Crippen molar-refractivity contribution in [1.29, 1.82) is 5.26 Å².